The summed E-state index contributed by atoms with van der Waals surface area (Å²) >= 11 is 0. The lowest BCUT2D eigenvalue weighted by Crippen LogP contribution is -2.38. The number of hydrogen-bond donors (Lipinski definition) is 2. The van der Waals surface area contributed by atoms with Gasteiger partial charge in [-0.3, -0.25) is 4.99 Å². The first-order valence-corrected chi connectivity index (χ1v) is 9.59. The second-order valence-corrected chi connectivity index (χ2v) is 6.81. The lowest BCUT2D eigenvalue weighted by Gasteiger charge is -2.12. The third kappa shape index (κ3) is 7.00. The van der Waals surface area contributed by atoms with Gasteiger partial charge in [-0.1, -0.05) is 25.1 Å². The van der Waals surface area contributed by atoms with Crippen LogP contribution in [0.25, 0.3) is 0 Å². The van der Waals surface area contributed by atoms with Crippen LogP contribution < -0.4 is 10.6 Å². The van der Waals surface area contributed by atoms with Gasteiger partial charge in [-0.15, -0.1) is 0 Å². The number of rotatable bonds is 9. The van der Waals surface area contributed by atoms with Gasteiger partial charge >= 0.3 is 0 Å². The van der Waals surface area contributed by atoms with Crippen LogP contribution in [-0.4, -0.2) is 35.7 Å². The van der Waals surface area contributed by atoms with Gasteiger partial charge in [0.15, 0.2) is 11.8 Å². The van der Waals surface area contributed by atoms with Crippen molar-refractivity contribution in [3.05, 3.63) is 46.9 Å². The third-order valence-corrected chi connectivity index (χ3v) is 4.15. The summed E-state index contributed by atoms with van der Waals surface area (Å²) in [6.45, 7) is 10.3. The fourth-order valence-electron chi connectivity index (χ4n) is 2.62. The average molecular weight is 375 g/mol. The predicted octanol–water partition coefficient (Wildman–Crippen LogP) is 3.37. The van der Waals surface area contributed by atoms with Crippen LogP contribution in [0.15, 0.2) is 27.7 Å². The molecule has 0 aliphatic carbocycles. The van der Waals surface area contributed by atoms with Crippen molar-refractivity contribution in [3.63, 3.8) is 0 Å². The summed E-state index contributed by atoms with van der Waals surface area (Å²) in [7, 11) is 0. The molecule has 0 aliphatic rings. The molecule has 1 aromatic heterocycles. The number of benzene rings is 1. The van der Waals surface area contributed by atoms with Crippen LogP contribution in [0.5, 0.6) is 0 Å². The molecule has 1 aromatic carbocycles. The van der Waals surface area contributed by atoms with Crippen molar-refractivity contribution in [1.82, 2.24) is 20.8 Å². The number of nitrogens with zero attached hydrogens (tertiary/aromatic N) is 3. The molecule has 0 saturated heterocycles. The summed E-state index contributed by atoms with van der Waals surface area (Å²) in [6.07, 6.45) is 2.38. The number of aliphatic imine (C=N–C) groups is 1. The molecule has 0 fully saturated rings. The van der Waals surface area contributed by atoms with Crippen molar-refractivity contribution < 1.29 is 8.91 Å². The van der Waals surface area contributed by atoms with Gasteiger partial charge in [0.2, 0.25) is 5.89 Å². The van der Waals surface area contributed by atoms with E-state index in [-0.39, 0.29) is 11.7 Å². The van der Waals surface area contributed by atoms with Crippen molar-refractivity contribution in [1.29, 1.82) is 0 Å². The molecule has 7 heteroatoms. The highest BCUT2D eigenvalue weighted by molar-refractivity contribution is 5.79. The lowest BCUT2D eigenvalue weighted by atomic mass is 10.1. The molecular weight excluding hydrogens is 345 g/mol. The zero-order chi connectivity index (χ0) is 19.6. The smallest absolute Gasteiger partial charge is 0.226 e. The summed E-state index contributed by atoms with van der Waals surface area (Å²) in [4.78, 5) is 8.96. The second-order valence-electron chi connectivity index (χ2n) is 6.81. The van der Waals surface area contributed by atoms with E-state index in [1.165, 1.54) is 6.07 Å². The molecule has 1 heterocycles. The number of hydrogen-bond acceptors (Lipinski definition) is 4. The van der Waals surface area contributed by atoms with Crippen molar-refractivity contribution >= 4 is 5.96 Å². The molecule has 27 heavy (non-hydrogen) atoms. The quantitative estimate of drug-likeness (QED) is 0.399. The van der Waals surface area contributed by atoms with Gasteiger partial charge in [-0.25, -0.2) is 4.39 Å². The van der Waals surface area contributed by atoms with Crippen molar-refractivity contribution in [3.8, 4) is 0 Å². The molecule has 0 atom stereocenters. The summed E-state index contributed by atoms with van der Waals surface area (Å²) in [5.74, 6) is 2.28. The van der Waals surface area contributed by atoms with Crippen molar-refractivity contribution in [2.75, 3.05) is 19.6 Å². The van der Waals surface area contributed by atoms with Gasteiger partial charge in [0.1, 0.15) is 5.82 Å². The van der Waals surface area contributed by atoms with Gasteiger partial charge in [0, 0.05) is 32.0 Å². The molecule has 0 saturated carbocycles. The second kappa shape index (κ2) is 10.6. The van der Waals surface area contributed by atoms with Crippen LogP contribution in [0.2, 0.25) is 0 Å². The van der Waals surface area contributed by atoms with E-state index in [9.17, 15) is 4.39 Å². The number of nitrogens with one attached hydrogen (secondary N) is 2. The van der Waals surface area contributed by atoms with E-state index in [4.69, 9.17) is 4.52 Å². The van der Waals surface area contributed by atoms with E-state index in [2.05, 4.69) is 25.8 Å². The maximum absolute atomic E-state index is 13.2. The molecule has 2 N–H and O–H groups in total. The van der Waals surface area contributed by atoms with Gasteiger partial charge in [0.25, 0.3) is 0 Å². The molecule has 148 valence electrons. The van der Waals surface area contributed by atoms with E-state index in [1.807, 2.05) is 33.8 Å². The molecule has 0 unspecified atom stereocenters. The van der Waals surface area contributed by atoms with Crippen molar-refractivity contribution in [2.24, 2.45) is 4.99 Å². The van der Waals surface area contributed by atoms with Crippen LogP contribution in [0.3, 0.4) is 0 Å². The number of halogens is 1. The first-order chi connectivity index (χ1) is 13.0. The highest BCUT2D eigenvalue weighted by Crippen LogP contribution is 2.11. The standard InChI is InChI=1S/C20H30FN5O/c1-5-22-20(24-12-10-16-8-9-17(21)13-15(16)4)23-11-6-7-18-25-19(14(2)3)26-27-18/h8-9,13-14H,5-7,10-12H2,1-4H3,(H2,22,23,24). The van der Waals surface area contributed by atoms with Crippen LogP contribution in [0.4, 0.5) is 4.39 Å². The van der Waals surface area contributed by atoms with E-state index in [1.54, 1.807) is 6.07 Å². The molecule has 0 radical (unpaired) electrons. The molecule has 0 spiro atoms. The Kier molecular flexibility index (Phi) is 8.23. The van der Waals surface area contributed by atoms with Gasteiger partial charge in [-0.05, 0) is 49.9 Å². The molecule has 6 nitrogen and oxygen atoms in total. The van der Waals surface area contributed by atoms with E-state index < -0.39 is 0 Å². The minimum absolute atomic E-state index is 0.194. The molecular formula is C20H30FN5O. The largest absolute Gasteiger partial charge is 0.357 e. The fraction of sp³-hybridized carbons (Fsp3) is 0.550. The van der Waals surface area contributed by atoms with Crippen LogP contribution in [0, 0.1) is 12.7 Å². The Balaban J connectivity index is 1.77. The topological polar surface area (TPSA) is 75.3 Å². The summed E-state index contributed by atoms with van der Waals surface area (Å²) in [5.41, 5.74) is 2.11. The van der Waals surface area contributed by atoms with Crippen LogP contribution in [-0.2, 0) is 12.8 Å². The Bertz CT molecular complexity index is 742. The summed E-state index contributed by atoms with van der Waals surface area (Å²) < 4.78 is 18.4. The molecule has 0 bridgehead atoms. The zero-order valence-corrected chi connectivity index (χ0v) is 16.7. The first kappa shape index (κ1) is 20.9. The maximum atomic E-state index is 13.2. The molecule has 2 rings (SSSR count). The maximum Gasteiger partial charge on any atom is 0.226 e. The fourth-order valence-corrected chi connectivity index (χ4v) is 2.62. The van der Waals surface area contributed by atoms with E-state index >= 15 is 0 Å². The summed E-state index contributed by atoms with van der Waals surface area (Å²) in [6, 6.07) is 4.91. The molecule has 0 amide bonds. The van der Waals surface area contributed by atoms with Crippen LogP contribution in [0.1, 0.15) is 56.0 Å². The highest BCUT2D eigenvalue weighted by atomic mass is 19.1. The number of aryl methyl sites for hydroxylation is 2. The third-order valence-electron chi connectivity index (χ3n) is 4.15. The Hall–Kier alpha value is -2.44. The summed E-state index contributed by atoms with van der Waals surface area (Å²) in [5, 5.41) is 10.5. The highest BCUT2D eigenvalue weighted by Gasteiger charge is 2.09. The van der Waals surface area contributed by atoms with Crippen molar-refractivity contribution in [2.45, 2.75) is 52.9 Å². The first-order valence-electron chi connectivity index (χ1n) is 9.59. The Labute approximate surface area is 160 Å². The predicted molar refractivity (Wildman–Crippen MR) is 106 cm³/mol. The molecule has 2 aromatic rings. The van der Waals surface area contributed by atoms with E-state index in [0.29, 0.717) is 12.4 Å². The lowest BCUT2D eigenvalue weighted by molar-refractivity contribution is 0.369. The van der Waals surface area contributed by atoms with Gasteiger partial charge in [0.05, 0.1) is 0 Å². The minimum Gasteiger partial charge on any atom is -0.357 e. The van der Waals surface area contributed by atoms with Gasteiger partial charge in [-0.2, -0.15) is 4.98 Å². The SMILES string of the molecule is CCNC(=NCCCc1nc(C(C)C)no1)NCCc1ccc(F)cc1C. The Morgan fingerprint density at radius 1 is 1.26 bits per heavy atom. The minimum atomic E-state index is -0.194. The normalized spacial score (nSPS) is 11.9. The Morgan fingerprint density at radius 3 is 2.74 bits per heavy atom. The Morgan fingerprint density at radius 2 is 2.07 bits per heavy atom. The number of aromatic nitrogens is 2. The zero-order valence-electron chi connectivity index (χ0n) is 16.7. The van der Waals surface area contributed by atoms with Crippen LogP contribution >= 0.6 is 0 Å². The average Bonchev–Trinajstić information content (AvgIpc) is 3.09. The monoisotopic (exact) mass is 375 g/mol. The van der Waals surface area contributed by atoms with Gasteiger partial charge < -0.3 is 15.2 Å². The number of guanidine groups is 1. The van der Waals surface area contributed by atoms with E-state index in [0.717, 1.165) is 55.3 Å². The molecule has 0 aliphatic heterocycles.